The lowest BCUT2D eigenvalue weighted by atomic mass is 10.2. The molecule has 0 unspecified atom stereocenters. The number of aromatic nitrogens is 4. The monoisotopic (exact) mass is 384 g/mol. The number of imidazole rings is 1. The van der Waals surface area contributed by atoms with Crippen LogP contribution in [-0.2, 0) is 0 Å². The Kier molecular flexibility index (Phi) is 6.25. The topological polar surface area (TPSA) is 128 Å². The fourth-order valence-electron chi connectivity index (χ4n) is 3.19. The zero-order valence-electron chi connectivity index (χ0n) is 15.7. The lowest BCUT2D eigenvalue weighted by Gasteiger charge is -2.11. The Morgan fingerprint density at radius 3 is 2.61 bits per heavy atom. The van der Waals surface area contributed by atoms with E-state index in [0.717, 1.165) is 22.6 Å². The van der Waals surface area contributed by atoms with Crippen LogP contribution in [0.15, 0.2) is 36.8 Å². The molecule has 0 radical (unpaired) electrons. The van der Waals surface area contributed by atoms with Gasteiger partial charge in [0.15, 0.2) is 5.65 Å². The zero-order chi connectivity index (χ0) is 19.9. The SMILES string of the molecule is CCOc1ccc(-n2cnc3cnc(NC4CCCC4)nc32)cc1.NC(=O)O. The first-order valence-corrected chi connectivity index (χ1v) is 9.25. The van der Waals surface area contributed by atoms with Gasteiger partial charge < -0.3 is 20.9 Å². The van der Waals surface area contributed by atoms with Crippen molar-refractivity contribution in [2.45, 2.75) is 38.6 Å². The van der Waals surface area contributed by atoms with E-state index in [9.17, 15) is 0 Å². The van der Waals surface area contributed by atoms with Crippen molar-refractivity contribution in [2.75, 3.05) is 11.9 Å². The van der Waals surface area contributed by atoms with E-state index in [2.05, 4.69) is 26.0 Å². The predicted octanol–water partition coefficient (Wildman–Crippen LogP) is 3.19. The van der Waals surface area contributed by atoms with Crippen LogP contribution >= 0.6 is 0 Å². The summed E-state index contributed by atoms with van der Waals surface area (Å²) in [6.45, 7) is 2.64. The number of rotatable bonds is 5. The van der Waals surface area contributed by atoms with Gasteiger partial charge in [0, 0.05) is 11.7 Å². The molecule has 0 atom stereocenters. The number of ether oxygens (including phenoxy) is 1. The van der Waals surface area contributed by atoms with Gasteiger partial charge in [-0.1, -0.05) is 12.8 Å². The normalized spacial score (nSPS) is 13.8. The standard InChI is InChI=1S/C18H21N5O.CH3NO2/c1-2-24-15-9-7-14(8-10-15)23-12-20-16-11-19-18(22-17(16)23)21-13-5-3-4-6-13;2-1(3)4/h7-13H,2-6H2,1H3,(H,19,21,22);2H2,(H,3,4). The second kappa shape index (κ2) is 9.03. The Morgan fingerprint density at radius 2 is 1.96 bits per heavy atom. The van der Waals surface area contributed by atoms with Gasteiger partial charge in [-0.05, 0) is 44.0 Å². The van der Waals surface area contributed by atoms with E-state index in [1.807, 2.05) is 35.8 Å². The highest BCUT2D eigenvalue weighted by atomic mass is 16.5. The van der Waals surface area contributed by atoms with Crippen molar-refractivity contribution in [3.8, 4) is 11.4 Å². The molecule has 148 valence electrons. The van der Waals surface area contributed by atoms with Crippen molar-refractivity contribution in [2.24, 2.45) is 5.73 Å². The van der Waals surface area contributed by atoms with Gasteiger partial charge in [0.1, 0.15) is 17.6 Å². The van der Waals surface area contributed by atoms with Gasteiger partial charge in [0.2, 0.25) is 5.95 Å². The maximum atomic E-state index is 8.78. The van der Waals surface area contributed by atoms with Crippen LogP contribution in [0.5, 0.6) is 5.75 Å². The molecule has 2 heterocycles. The molecule has 0 aliphatic heterocycles. The summed E-state index contributed by atoms with van der Waals surface area (Å²) in [6, 6.07) is 8.44. The summed E-state index contributed by atoms with van der Waals surface area (Å²) < 4.78 is 7.48. The minimum atomic E-state index is -1.33. The third kappa shape index (κ3) is 4.87. The van der Waals surface area contributed by atoms with Crippen molar-refractivity contribution in [3.05, 3.63) is 36.8 Å². The molecular formula is C19H24N6O3. The number of carbonyl (C=O) groups is 1. The second-order valence-corrected chi connectivity index (χ2v) is 6.41. The number of nitrogens with zero attached hydrogens (tertiary/aromatic N) is 4. The second-order valence-electron chi connectivity index (χ2n) is 6.41. The number of primary amides is 1. The summed E-state index contributed by atoms with van der Waals surface area (Å²) >= 11 is 0. The molecule has 0 spiro atoms. The molecule has 1 saturated carbocycles. The number of fused-ring (bicyclic) bond motifs is 1. The first-order chi connectivity index (χ1) is 13.6. The Morgan fingerprint density at radius 1 is 1.29 bits per heavy atom. The Hall–Kier alpha value is -3.36. The molecule has 1 fully saturated rings. The molecule has 1 aromatic carbocycles. The van der Waals surface area contributed by atoms with Crippen molar-refractivity contribution in [3.63, 3.8) is 0 Å². The van der Waals surface area contributed by atoms with Crippen LogP contribution in [0.25, 0.3) is 16.9 Å². The number of nitrogens with one attached hydrogen (secondary N) is 1. The molecule has 9 heteroatoms. The fourth-order valence-corrected chi connectivity index (χ4v) is 3.19. The number of amides is 1. The minimum Gasteiger partial charge on any atom is -0.494 e. The summed E-state index contributed by atoms with van der Waals surface area (Å²) in [7, 11) is 0. The molecule has 4 rings (SSSR count). The molecule has 1 amide bonds. The molecule has 4 N–H and O–H groups in total. The summed E-state index contributed by atoms with van der Waals surface area (Å²) in [5.41, 5.74) is 6.64. The summed E-state index contributed by atoms with van der Waals surface area (Å²) in [5.74, 6) is 1.55. The van der Waals surface area contributed by atoms with Crippen LogP contribution in [0.3, 0.4) is 0 Å². The molecule has 3 aromatic rings. The first kappa shape index (κ1) is 19.4. The highest BCUT2D eigenvalue weighted by Crippen LogP contribution is 2.23. The van der Waals surface area contributed by atoms with Gasteiger partial charge in [-0.15, -0.1) is 0 Å². The van der Waals surface area contributed by atoms with Gasteiger partial charge in [-0.3, -0.25) is 4.57 Å². The molecule has 28 heavy (non-hydrogen) atoms. The van der Waals surface area contributed by atoms with E-state index in [-0.39, 0.29) is 0 Å². The smallest absolute Gasteiger partial charge is 0.402 e. The molecule has 0 bridgehead atoms. The van der Waals surface area contributed by atoms with Crippen molar-refractivity contribution in [1.82, 2.24) is 19.5 Å². The predicted molar refractivity (Wildman–Crippen MR) is 106 cm³/mol. The fraction of sp³-hybridized carbons (Fsp3) is 0.368. The van der Waals surface area contributed by atoms with E-state index >= 15 is 0 Å². The number of nitrogens with two attached hydrogens (primary N) is 1. The number of carboxylic acid groups (broad SMARTS) is 1. The third-order valence-electron chi connectivity index (χ3n) is 4.40. The number of hydrogen-bond acceptors (Lipinski definition) is 6. The maximum absolute atomic E-state index is 8.78. The Bertz CT molecular complexity index is 915. The van der Waals surface area contributed by atoms with E-state index in [0.29, 0.717) is 18.6 Å². The molecular weight excluding hydrogens is 360 g/mol. The lowest BCUT2D eigenvalue weighted by molar-refractivity contribution is 0.205. The van der Waals surface area contributed by atoms with Crippen LogP contribution < -0.4 is 15.8 Å². The average Bonchev–Trinajstić information content (AvgIpc) is 3.32. The van der Waals surface area contributed by atoms with Gasteiger partial charge in [-0.2, -0.15) is 4.98 Å². The quantitative estimate of drug-likeness (QED) is 0.616. The minimum absolute atomic E-state index is 0.490. The largest absolute Gasteiger partial charge is 0.494 e. The Balaban J connectivity index is 0.000000516. The number of benzene rings is 1. The van der Waals surface area contributed by atoms with E-state index < -0.39 is 6.09 Å². The first-order valence-electron chi connectivity index (χ1n) is 9.25. The van der Waals surface area contributed by atoms with Crippen LogP contribution in [0.4, 0.5) is 10.7 Å². The van der Waals surface area contributed by atoms with Gasteiger partial charge in [0.25, 0.3) is 0 Å². The number of hydrogen-bond donors (Lipinski definition) is 3. The number of anilines is 1. The zero-order valence-corrected chi connectivity index (χ0v) is 15.7. The molecule has 0 saturated heterocycles. The van der Waals surface area contributed by atoms with E-state index in [1.54, 1.807) is 12.5 Å². The molecule has 9 nitrogen and oxygen atoms in total. The van der Waals surface area contributed by atoms with Crippen LogP contribution in [-0.4, -0.2) is 43.4 Å². The van der Waals surface area contributed by atoms with Gasteiger partial charge in [-0.25, -0.2) is 14.8 Å². The average molecular weight is 384 g/mol. The van der Waals surface area contributed by atoms with Crippen molar-refractivity contribution in [1.29, 1.82) is 0 Å². The van der Waals surface area contributed by atoms with Crippen LogP contribution in [0.1, 0.15) is 32.6 Å². The Labute approximate surface area is 162 Å². The summed E-state index contributed by atoms with van der Waals surface area (Å²) in [4.78, 5) is 22.3. The molecule has 1 aliphatic carbocycles. The van der Waals surface area contributed by atoms with Crippen LogP contribution in [0.2, 0.25) is 0 Å². The van der Waals surface area contributed by atoms with Crippen molar-refractivity contribution >= 4 is 23.2 Å². The highest BCUT2D eigenvalue weighted by Gasteiger charge is 2.16. The molecule has 1 aliphatic rings. The summed E-state index contributed by atoms with van der Waals surface area (Å²) in [5, 5.41) is 10.6. The van der Waals surface area contributed by atoms with Gasteiger partial charge >= 0.3 is 6.09 Å². The highest BCUT2D eigenvalue weighted by molar-refractivity contribution is 5.73. The maximum Gasteiger partial charge on any atom is 0.402 e. The lowest BCUT2D eigenvalue weighted by Crippen LogP contribution is -2.16. The van der Waals surface area contributed by atoms with Crippen LogP contribution in [0, 0.1) is 0 Å². The van der Waals surface area contributed by atoms with Crippen molar-refractivity contribution < 1.29 is 14.6 Å². The van der Waals surface area contributed by atoms with E-state index in [1.165, 1.54) is 25.7 Å². The van der Waals surface area contributed by atoms with Gasteiger partial charge in [0.05, 0.1) is 12.8 Å². The molecule has 2 aromatic heterocycles. The third-order valence-corrected chi connectivity index (χ3v) is 4.40. The van der Waals surface area contributed by atoms with E-state index in [4.69, 9.17) is 14.6 Å². The summed E-state index contributed by atoms with van der Waals surface area (Å²) in [6.07, 6.45) is 7.19.